The molecule has 2 nitrogen and oxygen atoms in total. The Bertz CT molecular complexity index is 612. The number of hydrogen-bond donors (Lipinski definition) is 0. The normalized spacial score (nSPS) is 14.1. The van der Waals surface area contributed by atoms with Gasteiger partial charge in [-0.15, -0.1) is 0 Å². The van der Waals surface area contributed by atoms with Crippen LogP contribution in [0.15, 0.2) is 35.0 Å². The molecule has 0 unspecified atom stereocenters. The minimum absolute atomic E-state index is 0.588. The Balaban J connectivity index is 1.90. The maximum Gasteiger partial charge on any atom is 0.0992 e. The summed E-state index contributed by atoms with van der Waals surface area (Å²) >= 11 is 8.04. The van der Waals surface area contributed by atoms with Crippen molar-refractivity contribution in [2.24, 2.45) is 0 Å². The van der Waals surface area contributed by atoms with E-state index in [4.69, 9.17) is 16.9 Å². The molecule has 1 aromatic carbocycles. The first-order valence-electron chi connectivity index (χ1n) is 6.25. The minimum atomic E-state index is 0.588. The summed E-state index contributed by atoms with van der Waals surface area (Å²) in [5.74, 6) is 0. The fourth-order valence-electron chi connectivity index (χ4n) is 2.19. The maximum atomic E-state index is 8.90. The highest BCUT2D eigenvalue weighted by Crippen LogP contribution is 2.37. The number of anilines is 1. The lowest BCUT2D eigenvalue weighted by Gasteiger charge is -2.25. The second kappa shape index (κ2) is 5.24. The van der Waals surface area contributed by atoms with Gasteiger partial charge in [-0.2, -0.15) is 16.6 Å². The Labute approximate surface area is 121 Å². The van der Waals surface area contributed by atoms with Crippen molar-refractivity contribution < 1.29 is 0 Å². The summed E-state index contributed by atoms with van der Waals surface area (Å²) < 4.78 is 0. The topological polar surface area (TPSA) is 27.0 Å². The van der Waals surface area contributed by atoms with Crippen LogP contribution < -0.4 is 4.90 Å². The number of nitrogens with zero attached hydrogens (tertiary/aromatic N) is 2. The number of thiophene rings is 1. The Morgan fingerprint density at radius 3 is 2.79 bits per heavy atom. The predicted octanol–water partition coefficient (Wildman–Crippen LogP) is 4.44. The molecule has 1 aromatic heterocycles. The van der Waals surface area contributed by atoms with Gasteiger partial charge in [0.15, 0.2) is 0 Å². The summed E-state index contributed by atoms with van der Waals surface area (Å²) in [4.78, 5) is 2.35. The van der Waals surface area contributed by atoms with Gasteiger partial charge in [-0.1, -0.05) is 11.6 Å². The molecule has 0 aliphatic heterocycles. The highest BCUT2D eigenvalue weighted by atomic mass is 35.5. The molecule has 0 amide bonds. The van der Waals surface area contributed by atoms with Crippen molar-refractivity contribution in [3.8, 4) is 6.07 Å². The van der Waals surface area contributed by atoms with Gasteiger partial charge < -0.3 is 4.90 Å². The van der Waals surface area contributed by atoms with Gasteiger partial charge in [-0.05, 0) is 53.4 Å². The van der Waals surface area contributed by atoms with Crippen molar-refractivity contribution in [2.75, 3.05) is 4.90 Å². The van der Waals surface area contributed by atoms with Gasteiger partial charge >= 0.3 is 0 Å². The quantitative estimate of drug-likeness (QED) is 0.831. The molecule has 0 N–H and O–H groups in total. The summed E-state index contributed by atoms with van der Waals surface area (Å²) in [5.41, 5.74) is 2.96. The molecule has 1 saturated carbocycles. The van der Waals surface area contributed by atoms with Crippen LogP contribution in [0.25, 0.3) is 0 Å². The third-order valence-corrected chi connectivity index (χ3v) is 4.34. The fourth-order valence-corrected chi connectivity index (χ4v) is 3.13. The second-order valence-electron chi connectivity index (χ2n) is 4.77. The van der Waals surface area contributed by atoms with Crippen LogP contribution >= 0.6 is 22.9 Å². The number of nitriles is 1. The fraction of sp³-hybridized carbons (Fsp3) is 0.267. The van der Waals surface area contributed by atoms with E-state index in [9.17, 15) is 0 Å². The lowest BCUT2D eigenvalue weighted by atomic mass is 10.2. The smallest absolute Gasteiger partial charge is 0.0992 e. The first-order valence-corrected chi connectivity index (χ1v) is 7.57. The van der Waals surface area contributed by atoms with E-state index in [-0.39, 0.29) is 0 Å². The van der Waals surface area contributed by atoms with Crippen LogP contribution in [-0.2, 0) is 6.54 Å². The SMILES string of the molecule is N#Cc1ccc(N(Cc2ccsc2)C2CC2)c(Cl)c1. The van der Waals surface area contributed by atoms with Crippen molar-refractivity contribution in [1.82, 2.24) is 0 Å². The molecule has 0 saturated heterocycles. The highest BCUT2D eigenvalue weighted by Gasteiger charge is 2.30. The van der Waals surface area contributed by atoms with Crippen LogP contribution in [0.2, 0.25) is 5.02 Å². The molecular formula is C15H13ClN2S. The van der Waals surface area contributed by atoms with E-state index in [1.807, 2.05) is 12.1 Å². The van der Waals surface area contributed by atoms with Crippen LogP contribution in [0.1, 0.15) is 24.0 Å². The van der Waals surface area contributed by atoms with E-state index >= 15 is 0 Å². The van der Waals surface area contributed by atoms with Crippen molar-refractivity contribution in [1.29, 1.82) is 5.26 Å². The highest BCUT2D eigenvalue weighted by molar-refractivity contribution is 7.07. The predicted molar refractivity (Wildman–Crippen MR) is 79.7 cm³/mol. The molecule has 0 radical (unpaired) electrons. The van der Waals surface area contributed by atoms with Gasteiger partial charge in [0.05, 0.1) is 22.3 Å². The molecule has 96 valence electrons. The molecule has 4 heteroatoms. The van der Waals surface area contributed by atoms with Gasteiger partial charge in [0.25, 0.3) is 0 Å². The maximum absolute atomic E-state index is 8.90. The van der Waals surface area contributed by atoms with Gasteiger partial charge in [-0.3, -0.25) is 0 Å². The lowest BCUT2D eigenvalue weighted by molar-refractivity contribution is 0.797. The second-order valence-corrected chi connectivity index (χ2v) is 5.96. The number of benzene rings is 1. The summed E-state index contributed by atoms with van der Waals surface area (Å²) in [6.45, 7) is 0.889. The number of rotatable bonds is 4. The van der Waals surface area contributed by atoms with Gasteiger partial charge in [-0.25, -0.2) is 0 Å². The summed E-state index contributed by atoms with van der Waals surface area (Å²) in [6, 6.07) is 10.4. The van der Waals surface area contributed by atoms with Crippen molar-refractivity contribution in [3.05, 3.63) is 51.2 Å². The molecular weight excluding hydrogens is 276 g/mol. The molecule has 0 atom stereocenters. The van der Waals surface area contributed by atoms with Crippen LogP contribution in [0.5, 0.6) is 0 Å². The standard InChI is InChI=1S/C15H13ClN2S/c16-14-7-11(8-17)1-4-15(14)18(13-2-3-13)9-12-5-6-19-10-12/h1,4-7,10,13H,2-3,9H2. The van der Waals surface area contributed by atoms with E-state index in [1.165, 1.54) is 18.4 Å². The molecule has 3 rings (SSSR count). The van der Waals surface area contributed by atoms with E-state index < -0.39 is 0 Å². The van der Waals surface area contributed by atoms with Gasteiger partial charge in [0.1, 0.15) is 0 Å². The molecule has 1 heterocycles. The zero-order valence-corrected chi connectivity index (χ0v) is 11.9. The number of halogens is 1. The molecule has 0 spiro atoms. The van der Waals surface area contributed by atoms with Crippen LogP contribution in [0.4, 0.5) is 5.69 Å². The van der Waals surface area contributed by atoms with Crippen molar-refractivity contribution in [3.63, 3.8) is 0 Å². The van der Waals surface area contributed by atoms with E-state index in [0.29, 0.717) is 16.6 Å². The van der Waals surface area contributed by atoms with Crippen molar-refractivity contribution in [2.45, 2.75) is 25.4 Å². The van der Waals surface area contributed by atoms with Crippen LogP contribution in [0, 0.1) is 11.3 Å². The summed E-state index contributed by atoms with van der Waals surface area (Å²) in [5, 5.41) is 13.8. The minimum Gasteiger partial charge on any atom is -0.363 e. The first-order chi connectivity index (χ1) is 9.28. The Kier molecular flexibility index (Phi) is 3.46. The third kappa shape index (κ3) is 2.75. The van der Waals surface area contributed by atoms with Crippen LogP contribution in [0.3, 0.4) is 0 Å². The van der Waals surface area contributed by atoms with E-state index in [1.54, 1.807) is 17.4 Å². The van der Waals surface area contributed by atoms with E-state index in [0.717, 1.165) is 12.2 Å². The Morgan fingerprint density at radius 1 is 1.37 bits per heavy atom. The molecule has 19 heavy (non-hydrogen) atoms. The Hall–Kier alpha value is -1.50. The summed E-state index contributed by atoms with van der Waals surface area (Å²) in [6.07, 6.45) is 2.45. The van der Waals surface area contributed by atoms with Crippen molar-refractivity contribution >= 4 is 28.6 Å². The summed E-state index contributed by atoms with van der Waals surface area (Å²) in [7, 11) is 0. The van der Waals surface area contributed by atoms with Crippen LogP contribution in [-0.4, -0.2) is 6.04 Å². The zero-order valence-electron chi connectivity index (χ0n) is 10.3. The lowest BCUT2D eigenvalue weighted by Crippen LogP contribution is -2.25. The molecule has 1 aliphatic rings. The molecule has 1 fully saturated rings. The monoisotopic (exact) mass is 288 g/mol. The number of hydrogen-bond acceptors (Lipinski definition) is 3. The van der Waals surface area contributed by atoms with Gasteiger partial charge in [0, 0.05) is 12.6 Å². The zero-order chi connectivity index (χ0) is 13.2. The first kappa shape index (κ1) is 12.5. The largest absolute Gasteiger partial charge is 0.363 e. The van der Waals surface area contributed by atoms with Gasteiger partial charge in [0.2, 0.25) is 0 Å². The average molecular weight is 289 g/mol. The third-order valence-electron chi connectivity index (χ3n) is 3.31. The van der Waals surface area contributed by atoms with E-state index in [2.05, 4.69) is 27.8 Å². The Morgan fingerprint density at radius 2 is 2.21 bits per heavy atom. The molecule has 1 aliphatic carbocycles. The average Bonchev–Trinajstić information content (AvgIpc) is 3.14. The molecule has 0 bridgehead atoms. The molecule has 2 aromatic rings.